The summed E-state index contributed by atoms with van der Waals surface area (Å²) in [7, 11) is 0. The molecule has 0 radical (unpaired) electrons. The van der Waals surface area contributed by atoms with Crippen LogP contribution in [0.4, 0.5) is 0 Å². The summed E-state index contributed by atoms with van der Waals surface area (Å²) in [5.74, 6) is 2.80. The lowest BCUT2D eigenvalue weighted by molar-refractivity contribution is -0.124. The van der Waals surface area contributed by atoms with E-state index in [1.54, 1.807) is 0 Å². The predicted molar refractivity (Wildman–Crippen MR) is 52.0 cm³/mol. The molecule has 1 saturated heterocycles. The molecule has 72 valence electrons. The van der Waals surface area contributed by atoms with Crippen LogP contribution in [0.25, 0.3) is 0 Å². The minimum Gasteiger partial charge on any atom is -0.352 e. The molecule has 0 saturated carbocycles. The first-order chi connectivity index (χ1) is 6.24. The van der Waals surface area contributed by atoms with Crippen molar-refractivity contribution >= 4 is 5.91 Å². The largest absolute Gasteiger partial charge is 0.352 e. The molecule has 2 N–H and O–H groups in total. The molecule has 1 rings (SSSR count). The molecule has 13 heavy (non-hydrogen) atoms. The van der Waals surface area contributed by atoms with Gasteiger partial charge in [-0.05, 0) is 19.9 Å². The number of hydrogen-bond acceptors (Lipinski definition) is 2. The SMILES string of the molecule is C#CCC(C)NC(=O)C1CCNC1. The average Bonchev–Trinajstić information content (AvgIpc) is 2.55. The summed E-state index contributed by atoms with van der Waals surface area (Å²) in [6.45, 7) is 3.68. The number of carbonyl (C=O) groups is 1. The van der Waals surface area contributed by atoms with E-state index in [-0.39, 0.29) is 17.9 Å². The summed E-state index contributed by atoms with van der Waals surface area (Å²) in [5.41, 5.74) is 0. The van der Waals surface area contributed by atoms with Crippen molar-refractivity contribution in [2.45, 2.75) is 25.8 Å². The van der Waals surface area contributed by atoms with Crippen molar-refractivity contribution in [1.29, 1.82) is 0 Å². The van der Waals surface area contributed by atoms with Crippen LogP contribution in [0.3, 0.4) is 0 Å². The van der Waals surface area contributed by atoms with Gasteiger partial charge in [-0.2, -0.15) is 0 Å². The van der Waals surface area contributed by atoms with Gasteiger partial charge in [0.25, 0.3) is 0 Å². The van der Waals surface area contributed by atoms with E-state index in [4.69, 9.17) is 6.42 Å². The third-order valence-corrected chi connectivity index (χ3v) is 2.24. The van der Waals surface area contributed by atoms with Gasteiger partial charge in [-0.15, -0.1) is 12.3 Å². The Labute approximate surface area is 79.3 Å². The van der Waals surface area contributed by atoms with Gasteiger partial charge in [0.05, 0.1) is 5.92 Å². The molecule has 0 spiro atoms. The standard InChI is InChI=1S/C10H16N2O/c1-3-4-8(2)12-10(13)9-5-6-11-7-9/h1,8-9,11H,4-7H2,2H3,(H,12,13). The van der Waals surface area contributed by atoms with E-state index < -0.39 is 0 Å². The average molecular weight is 180 g/mol. The number of hydrogen-bond donors (Lipinski definition) is 2. The van der Waals surface area contributed by atoms with Gasteiger partial charge in [-0.3, -0.25) is 4.79 Å². The molecule has 1 heterocycles. The summed E-state index contributed by atoms with van der Waals surface area (Å²) < 4.78 is 0. The fourth-order valence-corrected chi connectivity index (χ4v) is 1.47. The second-order valence-electron chi connectivity index (χ2n) is 3.51. The van der Waals surface area contributed by atoms with Crippen LogP contribution >= 0.6 is 0 Å². The number of rotatable bonds is 3. The molecular formula is C10H16N2O. The molecule has 2 unspecified atom stereocenters. The zero-order chi connectivity index (χ0) is 9.68. The van der Waals surface area contributed by atoms with Gasteiger partial charge in [0.2, 0.25) is 5.91 Å². The first kappa shape index (κ1) is 10.1. The molecule has 1 fully saturated rings. The van der Waals surface area contributed by atoms with Crippen molar-refractivity contribution in [3.05, 3.63) is 0 Å². The smallest absolute Gasteiger partial charge is 0.224 e. The topological polar surface area (TPSA) is 41.1 Å². The summed E-state index contributed by atoms with van der Waals surface area (Å²) in [6, 6.07) is 0.0955. The van der Waals surface area contributed by atoms with Crippen LogP contribution in [0.1, 0.15) is 19.8 Å². The van der Waals surface area contributed by atoms with E-state index in [1.807, 2.05) is 6.92 Å². The van der Waals surface area contributed by atoms with Gasteiger partial charge >= 0.3 is 0 Å². The molecule has 2 atom stereocenters. The molecule has 3 nitrogen and oxygen atoms in total. The Morgan fingerprint density at radius 2 is 2.62 bits per heavy atom. The minimum absolute atomic E-state index is 0.0955. The quantitative estimate of drug-likeness (QED) is 0.606. The number of terminal acetylenes is 1. The Balaban J connectivity index is 2.28. The highest BCUT2D eigenvalue weighted by Crippen LogP contribution is 2.07. The van der Waals surface area contributed by atoms with Crippen LogP contribution < -0.4 is 10.6 Å². The van der Waals surface area contributed by atoms with Gasteiger partial charge in [-0.25, -0.2) is 0 Å². The minimum atomic E-state index is 0.0955. The number of nitrogens with one attached hydrogen (secondary N) is 2. The van der Waals surface area contributed by atoms with Gasteiger partial charge < -0.3 is 10.6 Å². The number of carbonyl (C=O) groups excluding carboxylic acids is 1. The van der Waals surface area contributed by atoms with Crippen molar-refractivity contribution in [3.63, 3.8) is 0 Å². The summed E-state index contributed by atoms with van der Waals surface area (Å²) in [4.78, 5) is 11.5. The van der Waals surface area contributed by atoms with E-state index in [9.17, 15) is 4.79 Å². The Hall–Kier alpha value is -1.01. The van der Waals surface area contributed by atoms with Crippen molar-refractivity contribution < 1.29 is 4.79 Å². The highest BCUT2D eigenvalue weighted by molar-refractivity contribution is 5.79. The van der Waals surface area contributed by atoms with Crippen molar-refractivity contribution in [2.75, 3.05) is 13.1 Å². The van der Waals surface area contributed by atoms with Crippen LogP contribution in [0, 0.1) is 18.3 Å². The highest BCUT2D eigenvalue weighted by atomic mass is 16.2. The highest BCUT2D eigenvalue weighted by Gasteiger charge is 2.22. The first-order valence-electron chi connectivity index (χ1n) is 4.68. The van der Waals surface area contributed by atoms with E-state index in [0.717, 1.165) is 19.5 Å². The number of amides is 1. The predicted octanol–water partition coefficient (Wildman–Crippen LogP) is 0.124. The van der Waals surface area contributed by atoms with Crippen LogP contribution in [0.2, 0.25) is 0 Å². The van der Waals surface area contributed by atoms with E-state index >= 15 is 0 Å². The van der Waals surface area contributed by atoms with Crippen molar-refractivity contribution in [3.8, 4) is 12.3 Å². The lowest BCUT2D eigenvalue weighted by Crippen LogP contribution is -2.37. The van der Waals surface area contributed by atoms with E-state index in [0.29, 0.717) is 6.42 Å². The maximum absolute atomic E-state index is 11.5. The molecule has 0 aromatic heterocycles. The normalized spacial score (nSPS) is 23.5. The molecule has 1 amide bonds. The van der Waals surface area contributed by atoms with Gasteiger partial charge in [0.1, 0.15) is 0 Å². The van der Waals surface area contributed by atoms with Crippen molar-refractivity contribution in [2.24, 2.45) is 5.92 Å². The zero-order valence-electron chi connectivity index (χ0n) is 7.97. The molecular weight excluding hydrogens is 164 g/mol. The fraction of sp³-hybridized carbons (Fsp3) is 0.700. The molecule has 0 aliphatic carbocycles. The lowest BCUT2D eigenvalue weighted by atomic mass is 10.1. The van der Waals surface area contributed by atoms with Gasteiger partial charge in [0, 0.05) is 19.0 Å². The van der Waals surface area contributed by atoms with Crippen LogP contribution in [0.5, 0.6) is 0 Å². The van der Waals surface area contributed by atoms with E-state index in [1.165, 1.54) is 0 Å². The third kappa shape index (κ3) is 3.08. The first-order valence-corrected chi connectivity index (χ1v) is 4.68. The second-order valence-corrected chi connectivity index (χ2v) is 3.51. The Morgan fingerprint density at radius 3 is 3.15 bits per heavy atom. The van der Waals surface area contributed by atoms with Crippen molar-refractivity contribution in [1.82, 2.24) is 10.6 Å². The fourth-order valence-electron chi connectivity index (χ4n) is 1.47. The zero-order valence-corrected chi connectivity index (χ0v) is 7.97. The summed E-state index contributed by atoms with van der Waals surface area (Å²) in [6.07, 6.45) is 6.69. The summed E-state index contributed by atoms with van der Waals surface area (Å²) >= 11 is 0. The summed E-state index contributed by atoms with van der Waals surface area (Å²) in [5, 5.41) is 6.06. The Bertz CT molecular complexity index is 213. The Morgan fingerprint density at radius 1 is 1.85 bits per heavy atom. The van der Waals surface area contributed by atoms with E-state index in [2.05, 4.69) is 16.6 Å². The molecule has 1 aliphatic heterocycles. The maximum atomic E-state index is 11.5. The second kappa shape index (κ2) is 4.88. The monoisotopic (exact) mass is 180 g/mol. The van der Waals surface area contributed by atoms with Gasteiger partial charge in [0.15, 0.2) is 0 Å². The Kier molecular flexibility index (Phi) is 3.78. The molecule has 0 aromatic rings. The molecule has 0 bridgehead atoms. The maximum Gasteiger partial charge on any atom is 0.224 e. The molecule has 1 aliphatic rings. The molecule has 3 heteroatoms. The van der Waals surface area contributed by atoms with Crippen LogP contribution in [-0.2, 0) is 4.79 Å². The van der Waals surface area contributed by atoms with Gasteiger partial charge in [-0.1, -0.05) is 0 Å². The van der Waals surface area contributed by atoms with Crippen LogP contribution in [-0.4, -0.2) is 25.0 Å². The third-order valence-electron chi connectivity index (χ3n) is 2.24. The molecule has 0 aromatic carbocycles. The lowest BCUT2D eigenvalue weighted by Gasteiger charge is -2.14. The van der Waals surface area contributed by atoms with Crippen LogP contribution in [0.15, 0.2) is 0 Å².